The maximum Gasteiger partial charge on any atom is 0.323 e. The van der Waals surface area contributed by atoms with Crippen molar-refractivity contribution < 1.29 is 23.4 Å². The van der Waals surface area contributed by atoms with Gasteiger partial charge in [-0.2, -0.15) is 0 Å². The van der Waals surface area contributed by atoms with E-state index in [4.69, 9.17) is 14.0 Å². The summed E-state index contributed by atoms with van der Waals surface area (Å²) < 4.78 is 27.4. The molecule has 0 aliphatic rings. The molecule has 0 heterocycles. The van der Waals surface area contributed by atoms with Gasteiger partial charge in [-0.25, -0.2) is 5.09 Å². The van der Waals surface area contributed by atoms with Crippen molar-refractivity contribution in [3.8, 4) is 0 Å². The van der Waals surface area contributed by atoms with Gasteiger partial charge in [-0.3, -0.25) is 9.36 Å². The van der Waals surface area contributed by atoms with Crippen LogP contribution in [0.1, 0.15) is 34.1 Å². The van der Waals surface area contributed by atoms with Gasteiger partial charge in [-0.15, -0.1) is 0 Å². The molecule has 0 amide bonds. The topological polar surface area (TPSA) is 73.9 Å². The summed E-state index contributed by atoms with van der Waals surface area (Å²) in [7, 11) is -1.73. The summed E-state index contributed by atoms with van der Waals surface area (Å²) in [6.45, 7) is 7.36. The zero-order valence-electron chi connectivity index (χ0n) is 11.8. The molecular formula is C11H24NO5P. The van der Waals surface area contributed by atoms with Crippen molar-refractivity contribution in [2.75, 3.05) is 20.1 Å². The maximum atomic E-state index is 12.3. The van der Waals surface area contributed by atoms with Crippen LogP contribution in [0.15, 0.2) is 0 Å². The van der Waals surface area contributed by atoms with E-state index in [1.807, 2.05) is 6.92 Å². The predicted molar refractivity (Wildman–Crippen MR) is 69.6 cm³/mol. The molecule has 0 bridgehead atoms. The summed E-state index contributed by atoms with van der Waals surface area (Å²) in [5.41, 5.74) is 0. The van der Waals surface area contributed by atoms with Crippen LogP contribution in [0.25, 0.3) is 0 Å². The summed E-state index contributed by atoms with van der Waals surface area (Å²) in [6, 6.07) is -0.703. The first-order chi connectivity index (χ1) is 8.34. The maximum absolute atomic E-state index is 12.3. The van der Waals surface area contributed by atoms with Crippen LogP contribution < -0.4 is 5.09 Å². The highest BCUT2D eigenvalue weighted by atomic mass is 31.2. The minimum absolute atomic E-state index is 0.0771. The fourth-order valence-corrected chi connectivity index (χ4v) is 2.94. The Morgan fingerprint density at radius 2 is 1.94 bits per heavy atom. The standard InChI is InChI=1S/C11H24NO5P/c1-6-7-16-18(14,8-15-5)12-10(4)11(13)17-9(2)3/h9-10H,6-8H2,1-5H3,(H,12,14)/t10-,18?/m0/s1. The fourth-order valence-electron chi connectivity index (χ4n) is 1.20. The molecule has 7 heteroatoms. The average Bonchev–Trinajstić information content (AvgIpc) is 2.25. The van der Waals surface area contributed by atoms with Crippen molar-refractivity contribution in [1.82, 2.24) is 5.09 Å². The van der Waals surface area contributed by atoms with Gasteiger partial charge >= 0.3 is 5.97 Å². The van der Waals surface area contributed by atoms with E-state index in [1.54, 1.807) is 20.8 Å². The number of hydrogen-bond acceptors (Lipinski definition) is 5. The van der Waals surface area contributed by atoms with Crippen molar-refractivity contribution in [1.29, 1.82) is 0 Å². The highest BCUT2D eigenvalue weighted by molar-refractivity contribution is 7.56. The molecule has 0 rings (SSSR count). The third-order valence-corrected chi connectivity index (χ3v) is 3.88. The Labute approximate surface area is 109 Å². The van der Waals surface area contributed by atoms with E-state index in [0.29, 0.717) is 6.61 Å². The summed E-state index contributed by atoms with van der Waals surface area (Å²) in [5, 5.41) is 2.67. The molecule has 1 N–H and O–H groups in total. The molecule has 0 saturated carbocycles. The molecule has 0 aromatic rings. The van der Waals surface area contributed by atoms with Gasteiger partial charge in [0.1, 0.15) is 12.4 Å². The fraction of sp³-hybridized carbons (Fsp3) is 0.909. The van der Waals surface area contributed by atoms with E-state index in [1.165, 1.54) is 7.11 Å². The van der Waals surface area contributed by atoms with Crippen molar-refractivity contribution in [2.24, 2.45) is 0 Å². The quantitative estimate of drug-likeness (QED) is 0.515. The lowest BCUT2D eigenvalue weighted by molar-refractivity contribution is -0.149. The number of methoxy groups -OCH3 is 1. The molecule has 2 atom stereocenters. The molecule has 0 aromatic carbocycles. The lowest BCUT2D eigenvalue weighted by Crippen LogP contribution is -2.36. The van der Waals surface area contributed by atoms with Crippen LogP contribution in [-0.2, 0) is 23.4 Å². The first-order valence-electron chi connectivity index (χ1n) is 6.05. The number of carbonyl (C=O) groups is 1. The molecule has 0 spiro atoms. The molecule has 0 aliphatic carbocycles. The highest BCUT2D eigenvalue weighted by Gasteiger charge is 2.29. The van der Waals surface area contributed by atoms with E-state index in [0.717, 1.165) is 6.42 Å². The number of hydrogen-bond donors (Lipinski definition) is 1. The molecule has 0 aromatic heterocycles. The van der Waals surface area contributed by atoms with Gasteiger partial charge < -0.3 is 14.0 Å². The molecule has 18 heavy (non-hydrogen) atoms. The number of carbonyl (C=O) groups excluding carboxylic acids is 1. The zero-order chi connectivity index (χ0) is 14.2. The minimum Gasteiger partial charge on any atom is -0.462 e. The first kappa shape index (κ1) is 17.6. The van der Waals surface area contributed by atoms with Crippen LogP contribution >= 0.6 is 7.52 Å². The van der Waals surface area contributed by atoms with Crippen LogP contribution in [0.5, 0.6) is 0 Å². The smallest absolute Gasteiger partial charge is 0.323 e. The van der Waals surface area contributed by atoms with Gasteiger partial charge in [-0.05, 0) is 27.2 Å². The molecule has 6 nitrogen and oxygen atoms in total. The molecule has 108 valence electrons. The van der Waals surface area contributed by atoms with E-state index in [-0.39, 0.29) is 12.5 Å². The van der Waals surface area contributed by atoms with Gasteiger partial charge in [0.25, 0.3) is 7.52 Å². The van der Waals surface area contributed by atoms with Crippen molar-refractivity contribution >= 4 is 13.5 Å². The summed E-state index contributed by atoms with van der Waals surface area (Å²) >= 11 is 0. The Bertz CT molecular complexity index is 295. The number of nitrogens with one attached hydrogen (secondary N) is 1. The van der Waals surface area contributed by atoms with Crippen LogP contribution in [0.4, 0.5) is 0 Å². The Morgan fingerprint density at radius 1 is 1.33 bits per heavy atom. The van der Waals surface area contributed by atoms with E-state index < -0.39 is 19.5 Å². The van der Waals surface area contributed by atoms with E-state index in [9.17, 15) is 9.36 Å². The average molecular weight is 281 g/mol. The van der Waals surface area contributed by atoms with Gasteiger partial charge in [0.15, 0.2) is 0 Å². The monoisotopic (exact) mass is 281 g/mol. The lowest BCUT2D eigenvalue weighted by Gasteiger charge is -2.22. The van der Waals surface area contributed by atoms with Crippen LogP contribution in [0, 0.1) is 0 Å². The first-order valence-corrected chi connectivity index (χ1v) is 7.86. The highest BCUT2D eigenvalue weighted by Crippen LogP contribution is 2.42. The molecule has 0 radical (unpaired) electrons. The van der Waals surface area contributed by atoms with E-state index >= 15 is 0 Å². The van der Waals surface area contributed by atoms with Gasteiger partial charge in [0, 0.05) is 7.11 Å². The summed E-state index contributed by atoms with van der Waals surface area (Å²) in [6.07, 6.45) is 0.451. The second-order valence-corrected chi connectivity index (χ2v) is 6.38. The molecule has 0 saturated heterocycles. The lowest BCUT2D eigenvalue weighted by atomic mass is 10.4. The van der Waals surface area contributed by atoms with Crippen LogP contribution in [-0.4, -0.2) is 38.2 Å². The van der Waals surface area contributed by atoms with Gasteiger partial charge in [-0.1, -0.05) is 6.92 Å². The SMILES string of the molecule is CCCOP(=O)(COC)N[C@@H](C)C(=O)OC(C)C. The molecular weight excluding hydrogens is 257 g/mol. The second-order valence-electron chi connectivity index (χ2n) is 4.26. The van der Waals surface area contributed by atoms with Crippen molar-refractivity contribution in [2.45, 2.75) is 46.3 Å². The van der Waals surface area contributed by atoms with E-state index in [2.05, 4.69) is 5.09 Å². The van der Waals surface area contributed by atoms with Crippen molar-refractivity contribution in [3.05, 3.63) is 0 Å². The third-order valence-electron chi connectivity index (χ3n) is 1.90. The van der Waals surface area contributed by atoms with Crippen molar-refractivity contribution in [3.63, 3.8) is 0 Å². The zero-order valence-corrected chi connectivity index (χ0v) is 12.7. The Balaban J connectivity index is 4.47. The summed E-state index contributed by atoms with van der Waals surface area (Å²) in [4.78, 5) is 11.6. The number of rotatable bonds is 9. The van der Waals surface area contributed by atoms with Crippen LogP contribution in [0.2, 0.25) is 0 Å². The third kappa shape index (κ3) is 7.11. The summed E-state index contributed by atoms with van der Waals surface area (Å²) in [5.74, 6) is -0.457. The van der Waals surface area contributed by atoms with Gasteiger partial charge in [0.2, 0.25) is 0 Å². The number of esters is 1. The Kier molecular flexibility index (Phi) is 8.44. The second kappa shape index (κ2) is 8.64. The molecule has 1 unspecified atom stereocenters. The van der Waals surface area contributed by atoms with Crippen LogP contribution in [0.3, 0.4) is 0 Å². The molecule has 0 fully saturated rings. The molecule has 0 aliphatic heterocycles. The normalized spacial score (nSPS) is 16.3. The largest absolute Gasteiger partial charge is 0.462 e. The van der Waals surface area contributed by atoms with Gasteiger partial charge in [0.05, 0.1) is 12.7 Å². The minimum atomic E-state index is -3.16. The predicted octanol–water partition coefficient (Wildman–Crippen LogP) is 2.14. The number of ether oxygens (including phenoxy) is 2. The Morgan fingerprint density at radius 3 is 2.39 bits per heavy atom. The Hall–Kier alpha value is -0.420.